The number of benzene rings is 1. The highest BCUT2D eigenvalue weighted by Gasteiger charge is 2.19. The van der Waals surface area contributed by atoms with Gasteiger partial charge < -0.3 is 15.5 Å². The molecule has 1 rings (SSSR count). The predicted molar refractivity (Wildman–Crippen MR) is 78.5 cm³/mol. The molecule has 8 heteroatoms. The van der Waals surface area contributed by atoms with Crippen LogP contribution in [-0.4, -0.2) is 40.5 Å². The third-order valence-corrected chi connectivity index (χ3v) is 4.04. The number of hydrogen-bond donors (Lipinski definition) is 3. The Bertz CT molecular complexity index is 498. The number of hydrogen-bond acceptors (Lipinski definition) is 4. The zero-order valence-electron chi connectivity index (χ0n) is 10.3. The molecule has 1 aromatic rings. The van der Waals surface area contributed by atoms with E-state index in [9.17, 15) is 9.59 Å². The monoisotopic (exact) mass is 337 g/mol. The van der Waals surface area contributed by atoms with Crippen LogP contribution in [-0.2, 0) is 9.59 Å². The van der Waals surface area contributed by atoms with Crippen molar-refractivity contribution in [3.63, 3.8) is 0 Å². The number of carboxylic acid groups (broad SMARTS) is 1. The Labute approximate surface area is 130 Å². The number of nitrogens with one attached hydrogen (secondary N) is 1. The molecule has 0 fully saturated rings. The summed E-state index contributed by atoms with van der Waals surface area (Å²) in [5.74, 6) is -1.62. The topological polar surface area (TPSA) is 86.6 Å². The molecule has 3 N–H and O–H groups in total. The molecular weight excluding hydrogens is 325 g/mol. The minimum absolute atomic E-state index is 0.00920. The van der Waals surface area contributed by atoms with Crippen LogP contribution in [0.5, 0.6) is 0 Å². The highest BCUT2D eigenvalue weighted by Crippen LogP contribution is 2.29. The van der Waals surface area contributed by atoms with Crippen LogP contribution in [0.3, 0.4) is 0 Å². The van der Waals surface area contributed by atoms with E-state index in [1.807, 2.05) is 0 Å². The van der Waals surface area contributed by atoms with Crippen LogP contribution in [0.25, 0.3) is 0 Å². The first kappa shape index (κ1) is 17.1. The lowest BCUT2D eigenvalue weighted by Gasteiger charge is -2.13. The molecule has 5 nitrogen and oxygen atoms in total. The number of aliphatic hydroxyl groups is 1. The van der Waals surface area contributed by atoms with Gasteiger partial charge in [0.15, 0.2) is 0 Å². The first-order valence-electron chi connectivity index (χ1n) is 5.65. The average molecular weight is 338 g/mol. The largest absolute Gasteiger partial charge is 0.480 e. The Morgan fingerprint density at radius 3 is 2.65 bits per heavy atom. The fourth-order valence-corrected chi connectivity index (χ4v) is 2.66. The summed E-state index contributed by atoms with van der Waals surface area (Å²) in [6.45, 7) is -0.315. The molecule has 1 atom stereocenters. The molecule has 0 heterocycles. The van der Waals surface area contributed by atoms with Gasteiger partial charge in [-0.25, -0.2) is 4.79 Å². The summed E-state index contributed by atoms with van der Waals surface area (Å²) in [6, 6.07) is 3.79. The van der Waals surface area contributed by atoms with Crippen LogP contribution < -0.4 is 5.32 Å². The Morgan fingerprint density at radius 2 is 2.05 bits per heavy atom. The van der Waals surface area contributed by atoms with Gasteiger partial charge >= 0.3 is 5.97 Å². The van der Waals surface area contributed by atoms with Crippen LogP contribution in [0.1, 0.15) is 6.42 Å². The molecule has 1 amide bonds. The van der Waals surface area contributed by atoms with Gasteiger partial charge in [-0.1, -0.05) is 23.2 Å². The van der Waals surface area contributed by atoms with E-state index in [4.69, 9.17) is 33.4 Å². The molecule has 110 valence electrons. The van der Waals surface area contributed by atoms with Gasteiger partial charge in [-0.2, -0.15) is 0 Å². The third kappa shape index (κ3) is 5.58. The van der Waals surface area contributed by atoms with Crippen molar-refractivity contribution in [3.05, 3.63) is 28.2 Å². The van der Waals surface area contributed by atoms with Gasteiger partial charge in [0.05, 0.1) is 10.8 Å². The summed E-state index contributed by atoms with van der Waals surface area (Å²) in [6.07, 6.45) is -0.0380. The number of carbonyl (C=O) groups excluding carboxylic acids is 1. The third-order valence-electron chi connectivity index (χ3n) is 2.30. The average Bonchev–Trinajstić information content (AvgIpc) is 2.39. The number of thioether (sulfide) groups is 1. The Kier molecular flexibility index (Phi) is 7.15. The van der Waals surface area contributed by atoms with Crippen molar-refractivity contribution in [1.82, 2.24) is 5.32 Å². The summed E-state index contributed by atoms with van der Waals surface area (Å²) in [5, 5.41) is 20.9. The molecule has 0 radical (unpaired) electrons. The van der Waals surface area contributed by atoms with Gasteiger partial charge in [-0.05, 0) is 18.2 Å². The van der Waals surface area contributed by atoms with Crippen LogP contribution >= 0.6 is 35.0 Å². The lowest BCUT2D eigenvalue weighted by molar-refractivity contribution is -0.141. The molecule has 1 aromatic carbocycles. The maximum absolute atomic E-state index is 11.6. The van der Waals surface area contributed by atoms with E-state index < -0.39 is 17.9 Å². The van der Waals surface area contributed by atoms with Crippen molar-refractivity contribution in [3.8, 4) is 0 Å². The molecule has 0 spiro atoms. The van der Waals surface area contributed by atoms with E-state index in [2.05, 4.69) is 5.32 Å². The van der Waals surface area contributed by atoms with Crippen molar-refractivity contribution in [2.75, 3.05) is 12.4 Å². The van der Waals surface area contributed by atoms with Crippen LogP contribution in [0.15, 0.2) is 23.1 Å². The number of carbonyl (C=O) groups is 2. The normalized spacial score (nSPS) is 11.9. The van der Waals surface area contributed by atoms with Crippen molar-refractivity contribution >= 4 is 46.8 Å². The predicted octanol–water partition coefficient (Wildman–Crippen LogP) is 2.04. The number of rotatable bonds is 7. The summed E-state index contributed by atoms with van der Waals surface area (Å²) in [7, 11) is 0. The second-order valence-electron chi connectivity index (χ2n) is 3.83. The fraction of sp³-hybridized carbons (Fsp3) is 0.333. The zero-order valence-corrected chi connectivity index (χ0v) is 12.6. The molecule has 0 aliphatic rings. The number of amides is 1. The van der Waals surface area contributed by atoms with Crippen molar-refractivity contribution in [2.45, 2.75) is 17.4 Å². The highest BCUT2D eigenvalue weighted by atomic mass is 35.5. The molecule has 0 aliphatic heterocycles. The lowest BCUT2D eigenvalue weighted by Crippen LogP contribution is -2.42. The minimum Gasteiger partial charge on any atom is -0.480 e. The molecule has 0 unspecified atom stereocenters. The Morgan fingerprint density at radius 1 is 1.35 bits per heavy atom. The zero-order chi connectivity index (χ0) is 15.1. The second-order valence-corrected chi connectivity index (χ2v) is 5.69. The van der Waals surface area contributed by atoms with E-state index >= 15 is 0 Å². The van der Waals surface area contributed by atoms with Gasteiger partial charge in [0.2, 0.25) is 5.91 Å². The lowest BCUT2D eigenvalue weighted by atomic mass is 10.2. The van der Waals surface area contributed by atoms with Gasteiger partial charge in [0.1, 0.15) is 6.04 Å². The van der Waals surface area contributed by atoms with Crippen LogP contribution in [0, 0.1) is 0 Å². The molecule has 20 heavy (non-hydrogen) atoms. The quantitative estimate of drug-likeness (QED) is 0.663. The summed E-state index contributed by atoms with van der Waals surface area (Å²) in [4.78, 5) is 23.1. The number of aliphatic carboxylic acids is 1. The van der Waals surface area contributed by atoms with E-state index in [1.165, 1.54) is 0 Å². The number of aliphatic hydroxyl groups excluding tert-OH is 1. The fourth-order valence-electron chi connectivity index (χ4n) is 1.35. The molecule has 0 saturated carbocycles. The summed E-state index contributed by atoms with van der Waals surface area (Å²) >= 11 is 12.9. The first-order chi connectivity index (χ1) is 9.43. The molecule has 0 aromatic heterocycles. The van der Waals surface area contributed by atoms with E-state index in [1.54, 1.807) is 18.2 Å². The van der Waals surface area contributed by atoms with Crippen molar-refractivity contribution in [1.29, 1.82) is 0 Å². The highest BCUT2D eigenvalue weighted by molar-refractivity contribution is 8.00. The van der Waals surface area contributed by atoms with Gasteiger partial charge in [-0.3, -0.25) is 4.79 Å². The summed E-state index contributed by atoms with van der Waals surface area (Å²) < 4.78 is 0. The van der Waals surface area contributed by atoms with Gasteiger partial charge in [0, 0.05) is 22.9 Å². The smallest absolute Gasteiger partial charge is 0.326 e. The van der Waals surface area contributed by atoms with Gasteiger partial charge in [-0.15, -0.1) is 11.8 Å². The molecular formula is C12H13Cl2NO4S. The standard InChI is InChI=1S/C12H13Cl2NO4S/c13-7-1-2-8(14)10(5-7)20-6-11(17)15-9(3-4-16)12(18)19/h1-2,5,9,16H,3-4,6H2,(H,15,17)(H,18,19)/t9-/m1/s1. The maximum atomic E-state index is 11.6. The van der Waals surface area contributed by atoms with Crippen molar-refractivity contribution in [2.24, 2.45) is 0 Å². The molecule has 0 saturated heterocycles. The Hall–Kier alpha value is -0.950. The van der Waals surface area contributed by atoms with E-state index in [-0.39, 0.29) is 18.8 Å². The van der Waals surface area contributed by atoms with Gasteiger partial charge in [0.25, 0.3) is 0 Å². The van der Waals surface area contributed by atoms with Crippen LogP contribution in [0.2, 0.25) is 10.0 Å². The number of carboxylic acids is 1. The molecule has 0 aliphatic carbocycles. The SMILES string of the molecule is O=C(CSc1cc(Cl)ccc1Cl)N[C@H](CCO)C(=O)O. The molecule has 0 bridgehead atoms. The first-order valence-corrected chi connectivity index (χ1v) is 7.39. The minimum atomic E-state index is -1.18. The van der Waals surface area contributed by atoms with E-state index in [0.717, 1.165) is 11.8 Å². The van der Waals surface area contributed by atoms with Crippen LogP contribution in [0.4, 0.5) is 0 Å². The summed E-state index contributed by atoms with van der Waals surface area (Å²) in [5.41, 5.74) is 0. The van der Waals surface area contributed by atoms with Crippen molar-refractivity contribution < 1.29 is 19.8 Å². The second kappa shape index (κ2) is 8.36. The maximum Gasteiger partial charge on any atom is 0.326 e. The van der Waals surface area contributed by atoms with E-state index in [0.29, 0.717) is 14.9 Å². The number of halogens is 2. The Balaban J connectivity index is 2.54.